The first-order chi connectivity index (χ1) is 12.8. The van der Waals surface area contributed by atoms with E-state index in [0.717, 1.165) is 9.78 Å². The Balaban J connectivity index is 1.71. The fourth-order valence-corrected chi connectivity index (χ4v) is 4.88. The molecule has 7 nitrogen and oxygen atoms in total. The highest BCUT2D eigenvalue weighted by molar-refractivity contribution is 7.89. The normalized spacial score (nSPS) is 16.1. The molecule has 0 unspecified atom stereocenters. The quantitative estimate of drug-likeness (QED) is 0.684. The van der Waals surface area contributed by atoms with Gasteiger partial charge in [-0.25, -0.2) is 13.1 Å². The number of hydrogen-bond donors (Lipinski definition) is 1. The maximum Gasteiger partial charge on any atom is 0.240 e. The minimum atomic E-state index is -3.78. The molecule has 1 atom stereocenters. The summed E-state index contributed by atoms with van der Waals surface area (Å²) in [7, 11) is -2.29. The van der Waals surface area contributed by atoms with Gasteiger partial charge < -0.3 is 4.74 Å². The molecule has 27 heavy (non-hydrogen) atoms. The van der Waals surface area contributed by atoms with Crippen molar-refractivity contribution in [3.05, 3.63) is 45.6 Å². The largest absolute Gasteiger partial charge is 0.375 e. The molecule has 1 fully saturated rings. The number of anilines is 1. The number of carbonyl (C=O) groups is 2. The van der Waals surface area contributed by atoms with Crippen molar-refractivity contribution < 1.29 is 22.7 Å². The number of rotatable bonds is 7. The number of nitrogens with zero attached hydrogens (tertiary/aromatic N) is 1. The molecule has 3 rings (SSSR count). The lowest BCUT2D eigenvalue weighted by Gasteiger charge is -2.16. The third-order valence-corrected chi connectivity index (χ3v) is 6.87. The molecule has 0 saturated carbocycles. The second kappa shape index (κ2) is 8.07. The molecule has 0 radical (unpaired) electrons. The van der Waals surface area contributed by atoms with E-state index in [0.29, 0.717) is 10.0 Å². The van der Waals surface area contributed by atoms with Crippen molar-refractivity contribution in [1.82, 2.24) is 4.72 Å². The van der Waals surface area contributed by atoms with Crippen LogP contribution < -0.4 is 9.62 Å². The highest BCUT2D eigenvalue weighted by atomic mass is 35.5. The summed E-state index contributed by atoms with van der Waals surface area (Å²) in [6, 6.07) is 9.13. The SMILES string of the molecule is CO[C@@H](CNS(=O)(=O)c1ccc(N2C(=O)CCC2=O)cc1)c1ccc(Cl)s1. The van der Waals surface area contributed by atoms with E-state index in [9.17, 15) is 18.0 Å². The summed E-state index contributed by atoms with van der Waals surface area (Å²) < 4.78 is 33.5. The van der Waals surface area contributed by atoms with E-state index in [-0.39, 0.29) is 36.1 Å². The van der Waals surface area contributed by atoms with Crippen LogP contribution in [-0.2, 0) is 24.3 Å². The molecule has 10 heteroatoms. The molecule has 144 valence electrons. The summed E-state index contributed by atoms with van der Waals surface area (Å²) in [5.74, 6) is -0.572. The minimum Gasteiger partial charge on any atom is -0.375 e. The smallest absolute Gasteiger partial charge is 0.240 e. The van der Waals surface area contributed by atoms with Crippen molar-refractivity contribution in [3.63, 3.8) is 0 Å². The summed E-state index contributed by atoms with van der Waals surface area (Å²) in [6.07, 6.45) is -0.117. The molecule has 2 aromatic rings. The zero-order valence-corrected chi connectivity index (χ0v) is 16.7. The molecule has 1 N–H and O–H groups in total. The summed E-state index contributed by atoms with van der Waals surface area (Å²) >= 11 is 7.23. The number of imide groups is 1. The van der Waals surface area contributed by atoms with Crippen molar-refractivity contribution in [2.45, 2.75) is 23.8 Å². The van der Waals surface area contributed by atoms with E-state index in [1.165, 1.54) is 42.7 Å². The van der Waals surface area contributed by atoms with Crippen molar-refractivity contribution in [2.75, 3.05) is 18.6 Å². The molecule has 2 amide bonds. The average molecular weight is 429 g/mol. The Bertz CT molecular complexity index is 940. The van der Waals surface area contributed by atoms with Crippen LogP contribution >= 0.6 is 22.9 Å². The topological polar surface area (TPSA) is 92.8 Å². The second-order valence-electron chi connectivity index (χ2n) is 5.83. The minimum absolute atomic E-state index is 0.0319. The summed E-state index contributed by atoms with van der Waals surface area (Å²) in [6.45, 7) is 0.0422. The molecule has 1 aromatic carbocycles. The first-order valence-corrected chi connectivity index (χ1v) is 10.7. The molecular formula is C17H17ClN2O5S2. The number of methoxy groups -OCH3 is 1. The average Bonchev–Trinajstić information content (AvgIpc) is 3.21. The fourth-order valence-electron chi connectivity index (χ4n) is 2.71. The van der Waals surface area contributed by atoms with Crippen LogP contribution in [0.1, 0.15) is 23.8 Å². The van der Waals surface area contributed by atoms with Crippen LogP contribution in [0, 0.1) is 0 Å². The van der Waals surface area contributed by atoms with Crippen LogP contribution in [0.2, 0.25) is 4.34 Å². The zero-order valence-electron chi connectivity index (χ0n) is 14.3. The van der Waals surface area contributed by atoms with E-state index in [4.69, 9.17) is 16.3 Å². The van der Waals surface area contributed by atoms with Crippen LogP contribution in [0.15, 0.2) is 41.3 Å². The number of thiophene rings is 1. The van der Waals surface area contributed by atoms with Gasteiger partial charge in [0, 0.05) is 31.4 Å². The highest BCUT2D eigenvalue weighted by Crippen LogP contribution is 2.29. The molecule has 0 aliphatic carbocycles. The molecule has 0 spiro atoms. The van der Waals surface area contributed by atoms with Crippen molar-refractivity contribution >= 4 is 50.5 Å². The van der Waals surface area contributed by atoms with E-state index in [2.05, 4.69) is 4.72 Å². The monoisotopic (exact) mass is 428 g/mol. The van der Waals surface area contributed by atoms with Gasteiger partial charge in [0.1, 0.15) is 6.10 Å². The van der Waals surface area contributed by atoms with Crippen molar-refractivity contribution in [3.8, 4) is 0 Å². The molecule has 1 aliphatic heterocycles. The fraction of sp³-hybridized carbons (Fsp3) is 0.294. The number of nitrogens with one attached hydrogen (secondary N) is 1. The molecule has 1 aliphatic rings. The highest BCUT2D eigenvalue weighted by Gasteiger charge is 2.30. The molecule has 0 bridgehead atoms. The third-order valence-electron chi connectivity index (χ3n) is 4.11. The van der Waals surface area contributed by atoms with Gasteiger partial charge in [0.25, 0.3) is 0 Å². The molecular weight excluding hydrogens is 412 g/mol. The molecule has 2 heterocycles. The summed E-state index contributed by atoms with van der Waals surface area (Å²) in [5.41, 5.74) is 0.365. The summed E-state index contributed by atoms with van der Waals surface area (Å²) in [5, 5.41) is 0. The van der Waals surface area contributed by atoms with Crippen LogP contribution in [0.25, 0.3) is 0 Å². The lowest BCUT2D eigenvalue weighted by Crippen LogP contribution is -2.30. The first kappa shape index (κ1) is 20.0. The molecule has 1 aromatic heterocycles. The van der Waals surface area contributed by atoms with Gasteiger partial charge >= 0.3 is 0 Å². The predicted molar refractivity (Wildman–Crippen MR) is 102 cm³/mol. The summed E-state index contributed by atoms with van der Waals surface area (Å²) in [4.78, 5) is 25.5. The zero-order chi connectivity index (χ0) is 19.6. The Morgan fingerprint density at radius 2 is 1.78 bits per heavy atom. The maximum atomic E-state index is 12.5. The van der Waals surface area contributed by atoms with Crippen LogP contribution in [0.5, 0.6) is 0 Å². The predicted octanol–water partition coefficient (Wildman–Crippen LogP) is 2.72. The van der Waals surface area contributed by atoms with Crippen LogP contribution in [-0.4, -0.2) is 33.9 Å². The van der Waals surface area contributed by atoms with Gasteiger partial charge in [-0.05, 0) is 36.4 Å². The maximum absolute atomic E-state index is 12.5. The van der Waals surface area contributed by atoms with Crippen LogP contribution in [0.4, 0.5) is 5.69 Å². The standard InChI is InChI=1S/C17H17ClN2O5S2/c1-25-13(14-6-7-15(18)26-14)10-19-27(23,24)12-4-2-11(3-5-12)20-16(21)8-9-17(20)22/h2-7,13,19H,8-10H2,1H3/t13-/m0/s1. The number of benzene rings is 1. The Morgan fingerprint density at radius 3 is 2.30 bits per heavy atom. The van der Waals surface area contributed by atoms with Crippen molar-refractivity contribution in [1.29, 1.82) is 0 Å². The lowest BCUT2D eigenvalue weighted by molar-refractivity contribution is -0.121. The van der Waals surface area contributed by atoms with Gasteiger partial charge in [-0.15, -0.1) is 11.3 Å². The Hall–Kier alpha value is -1.78. The van der Waals surface area contributed by atoms with Gasteiger partial charge in [-0.3, -0.25) is 14.5 Å². The van der Waals surface area contributed by atoms with E-state index in [1.807, 2.05) is 0 Å². The molecule has 1 saturated heterocycles. The number of carbonyl (C=O) groups excluding carboxylic acids is 2. The number of sulfonamides is 1. The number of hydrogen-bond acceptors (Lipinski definition) is 6. The lowest BCUT2D eigenvalue weighted by atomic mass is 10.3. The first-order valence-electron chi connectivity index (χ1n) is 8.05. The van der Waals surface area contributed by atoms with Gasteiger partial charge in [0.2, 0.25) is 21.8 Å². The van der Waals surface area contributed by atoms with Crippen LogP contribution in [0.3, 0.4) is 0 Å². The second-order valence-corrected chi connectivity index (χ2v) is 9.35. The van der Waals surface area contributed by atoms with Gasteiger partial charge in [0.15, 0.2) is 0 Å². The van der Waals surface area contributed by atoms with Gasteiger partial charge in [-0.2, -0.15) is 0 Å². The number of amides is 2. The van der Waals surface area contributed by atoms with Crippen molar-refractivity contribution in [2.24, 2.45) is 0 Å². The Labute approximate surface area is 165 Å². The van der Waals surface area contributed by atoms with Gasteiger partial charge in [-0.1, -0.05) is 11.6 Å². The number of ether oxygens (including phenoxy) is 1. The third kappa shape index (κ3) is 4.39. The Morgan fingerprint density at radius 1 is 1.15 bits per heavy atom. The Kier molecular flexibility index (Phi) is 5.97. The van der Waals surface area contributed by atoms with Gasteiger partial charge in [0.05, 0.1) is 14.9 Å². The van der Waals surface area contributed by atoms with E-state index >= 15 is 0 Å². The van der Waals surface area contributed by atoms with E-state index in [1.54, 1.807) is 12.1 Å². The number of halogens is 1. The van der Waals surface area contributed by atoms with E-state index < -0.39 is 16.1 Å².